The maximum absolute atomic E-state index is 13.0. The molecule has 0 saturated heterocycles. The SMILES string of the molecule is CC(C)N(CC(=O)Nc1ccc(F)cc1)C(=O)c1ccc(F)cc1. The summed E-state index contributed by atoms with van der Waals surface area (Å²) in [4.78, 5) is 26.0. The van der Waals surface area contributed by atoms with Crippen molar-refractivity contribution in [1.82, 2.24) is 4.90 Å². The van der Waals surface area contributed by atoms with Gasteiger partial charge in [0, 0.05) is 17.3 Å². The first-order valence-corrected chi connectivity index (χ1v) is 7.49. The summed E-state index contributed by atoms with van der Waals surface area (Å²) >= 11 is 0. The third-order valence-corrected chi connectivity index (χ3v) is 3.42. The van der Waals surface area contributed by atoms with Gasteiger partial charge in [0.2, 0.25) is 5.91 Å². The maximum Gasteiger partial charge on any atom is 0.254 e. The van der Waals surface area contributed by atoms with E-state index in [0.717, 1.165) is 0 Å². The van der Waals surface area contributed by atoms with Crippen molar-refractivity contribution < 1.29 is 18.4 Å². The molecule has 0 aliphatic rings. The minimum absolute atomic E-state index is 0.161. The number of anilines is 1. The summed E-state index contributed by atoms with van der Waals surface area (Å²) in [5.74, 6) is -1.59. The fourth-order valence-electron chi connectivity index (χ4n) is 2.14. The Bertz CT molecular complexity index is 713. The third kappa shape index (κ3) is 4.62. The molecule has 0 bridgehead atoms. The molecule has 0 aromatic heterocycles. The zero-order chi connectivity index (χ0) is 17.7. The Balaban J connectivity index is 2.07. The van der Waals surface area contributed by atoms with Crippen LogP contribution in [0.25, 0.3) is 0 Å². The van der Waals surface area contributed by atoms with E-state index in [4.69, 9.17) is 0 Å². The molecule has 0 aliphatic heterocycles. The standard InChI is InChI=1S/C18H18F2N2O2/c1-12(2)22(18(24)13-3-5-14(19)6-4-13)11-17(23)21-16-9-7-15(20)8-10-16/h3-10,12H,11H2,1-2H3,(H,21,23). The van der Waals surface area contributed by atoms with Gasteiger partial charge in [-0.3, -0.25) is 9.59 Å². The summed E-state index contributed by atoms with van der Waals surface area (Å²) in [6, 6.07) is 10.3. The normalized spacial score (nSPS) is 10.5. The van der Waals surface area contributed by atoms with Crippen molar-refractivity contribution in [2.75, 3.05) is 11.9 Å². The Hall–Kier alpha value is -2.76. The molecule has 126 valence electrons. The van der Waals surface area contributed by atoms with Crippen LogP contribution in [0, 0.1) is 11.6 Å². The summed E-state index contributed by atoms with van der Waals surface area (Å²) in [5, 5.41) is 2.61. The van der Waals surface area contributed by atoms with Crippen molar-refractivity contribution in [2.45, 2.75) is 19.9 Å². The van der Waals surface area contributed by atoms with Gasteiger partial charge in [-0.2, -0.15) is 0 Å². The van der Waals surface area contributed by atoms with Gasteiger partial charge in [0.25, 0.3) is 5.91 Å². The Morgan fingerprint density at radius 1 is 0.958 bits per heavy atom. The van der Waals surface area contributed by atoms with E-state index in [-0.39, 0.29) is 18.5 Å². The Labute approximate surface area is 139 Å². The fraction of sp³-hybridized carbons (Fsp3) is 0.222. The van der Waals surface area contributed by atoms with Crippen LogP contribution in [0.5, 0.6) is 0 Å². The van der Waals surface area contributed by atoms with Gasteiger partial charge in [0.1, 0.15) is 18.2 Å². The van der Waals surface area contributed by atoms with Crippen LogP contribution in [-0.2, 0) is 4.79 Å². The van der Waals surface area contributed by atoms with E-state index >= 15 is 0 Å². The molecule has 0 spiro atoms. The monoisotopic (exact) mass is 332 g/mol. The first-order valence-electron chi connectivity index (χ1n) is 7.49. The summed E-state index contributed by atoms with van der Waals surface area (Å²) in [5.41, 5.74) is 0.749. The molecular formula is C18H18F2N2O2. The number of carbonyl (C=O) groups excluding carboxylic acids is 2. The molecular weight excluding hydrogens is 314 g/mol. The number of benzene rings is 2. The van der Waals surface area contributed by atoms with Gasteiger partial charge in [-0.25, -0.2) is 8.78 Å². The topological polar surface area (TPSA) is 49.4 Å². The summed E-state index contributed by atoms with van der Waals surface area (Å²) in [6.07, 6.45) is 0. The lowest BCUT2D eigenvalue weighted by Crippen LogP contribution is -2.42. The fourth-order valence-corrected chi connectivity index (χ4v) is 2.14. The van der Waals surface area contributed by atoms with Gasteiger partial charge < -0.3 is 10.2 Å². The molecule has 6 heteroatoms. The van der Waals surface area contributed by atoms with Crippen LogP contribution < -0.4 is 5.32 Å². The minimum Gasteiger partial charge on any atom is -0.327 e. The second kappa shape index (κ2) is 7.68. The third-order valence-electron chi connectivity index (χ3n) is 3.42. The molecule has 2 aromatic rings. The molecule has 0 saturated carbocycles. The van der Waals surface area contributed by atoms with Crippen molar-refractivity contribution >= 4 is 17.5 Å². The number of rotatable bonds is 5. The Morgan fingerprint density at radius 3 is 1.96 bits per heavy atom. The zero-order valence-electron chi connectivity index (χ0n) is 13.4. The highest BCUT2D eigenvalue weighted by atomic mass is 19.1. The van der Waals surface area contributed by atoms with Crippen LogP contribution in [0.1, 0.15) is 24.2 Å². The highest BCUT2D eigenvalue weighted by molar-refractivity contribution is 5.99. The molecule has 0 radical (unpaired) electrons. The predicted octanol–water partition coefficient (Wildman–Crippen LogP) is 3.45. The van der Waals surface area contributed by atoms with E-state index in [0.29, 0.717) is 11.3 Å². The lowest BCUT2D eigenvalue weighted by atomic mass is 10.1. The van der Waals surface area contributed by atoms with Crippen molar-refractivity contribution in [2.24, 2.45) is 0 Å². The molecule has 4 nitrogen and oxygen atoms in total. The molecule has 0 aliphatic carbocycles. The maximum atomic E-state index is 13.0. The van der Waals surface area contributed by atoms with Crippen molar-refractivity contribution in [3.63, 3.8) is 0 Å². The number of carbonyl (C=O) groups is 2. The molecule has 2 rings (SSSR count). The van der Waals surface area contributed by atoms with Crippen LogP contribution in [0.15, 0.2) is 48.5 Å². The molecule has 0 atom stereocenters. The predicted molar refractivity (Wildman–Crippen MR) is 87.6 cm³/mol. The van der Waals surface area contributed by atoms with Gasteiger partial charge in [0.05, 0.1) is 0 Å². The first kappa shape index (κ1) is 17.6. The average molecular weight is 332 g/mol. The summed E-state index contributed by atoms with van der Waals surface area (Å²) < 4.78 is 25.8. The number of nitrogens with one attached hydrogen (secondary N) is 1. The molecule has 0 fully saturated rings. The number of halogens is 2. The second-order valence-electron chi connectivity index (χ2n) is 5.59. The van der Waals surface area contributed by atoms with Crippen LogP contribution in [-0.4, -0.2) is 29.3 Å². The smallest absolute Gasteiger partial charge is 0.254 e. The molecule has 24 heavy (non-hydrogen) atoms. The van der Waals surface area contributed by atoms with E-state index in [2.05, 4.69) is 5.32 Å². The lowest BCUT2D eigenvalue weighted by Gasteiger charge is -2.26. The minimum atomic E-state index is -0.434. The van der Waals surface area contributed by atoms with Crippen LogP contribution in [0.3, 0.4) is 0 Å². The molecule has 0 heterocycles. The quantitative estimate of drug-likeness (QED) is 0.912. The van der Waals surface area contributed by atoms with Gasteiger partial charge in [-0.05, 0) is 62.4 Å². The zero-order valence-corrected chi connectivity index (χ0v) is 13.4. The number of hydrogen-bond donors (Lipinski definition) is 1. The van der Waals surface area contributed by atoms with Crippen molar-refractivity contribution in [3.8, 4) is 0 Å². The first-order chi connectivity index (χ1) is 11.4. The van der Waals surface area contributed by atoms with Crippen LogP contribution in [0.2, 0.25) is 0 Å². The highest BCUT2D eigenvalue weighted by Crippen LogP contribution is 2.12. The number of nitrogens with zero attached hydrogens (tertiary/aromatic N) is 1. The number of amides is 2. The molecule has 1 N–H and O–H groups in total. The van der Waals surface area contributed by atoms with Gasteiger partial charge in [-0.1, -0.05) is 0 Å². The van der Waals surface area contributed by atoms with Crippen molar-refractivity contribution in [3.05, 3.63) is 65.7 Å². The van der Waals surface area contributed by atoms with Crippen LogP contribution >= 0.6 is 0 Å². The molecule has 0 unspecified atom stereocenters. The largest absolute Gasteiger partial charge is 0.327 e. The van der Waals surface area contributed by atoms with E-state index < -0.39 is 17.5 Å². The van der Waals surface area contributed by atoms with E-state index in [1.54, 1.807) is 13.8 Å². The summed E-state index contributed by atoms with van der Waals surface area (Å²) in [7, 11) is 0. The Kier molecular flexibility index (Phi) is 5.63. The number of hydrogen-bond acceptors (Lipinski definition) is 2. The Morgan fingerprint density at radius 2 is 1.46 bits per heavy atom. The van der Waals surface area contributed by atoms with E-state index in [1.807, 2.05) is 0 Å². The molecule has 2 aromatic carbocycles. The highest BCUT2D eigenvalue weighted by Gasteiger charge is 2.21. The molecule has 2 amide bonds. The van der Waals surface area contributed by atoms with Crippen LogP contribution in [0.4, 0.5) is 14.5 Å². The van der Waals surface area contributed by atoms with E-state index in [1.165, 1.54) is 53.4 Å². The van der Waals surface area contributed by atoms with Gasteiger partial charge in [0.15, 0.2) is 0 Å². The summed E-state index contributed by atoms with van der Waals surface area (Å²) in [6.45, 7) is 3.41. The van der Waals surface area contributed by atoms with Crippen molar-refractivity contribution in [1.29, 1.82) is 0 Å². The second-order valence-corrected chi connectivity index (χ2v) is 5.59. The van der Waals surface area contributed by atoms with Gasteiger partial charge in [-0.15, -0.1) is 0 Å². The van der Waals surface area contributed by atoms with Gasteiger partial charge >= 0.3 is 0 Å². The lowest BCUT2D eigenvalue weighted by molar-refractivity contribution is -0.117. The average Bonchev–Trinajstić information content (AvgIpc) is 2.54. The van der Waals surface area contributed by atoms with E-state index in [9.17, 15) is 18.4 Å².